The van der Waals surface area contributed by atoms with Crippen molar-refractivity contribution in [3.8, 4) is 0 Å². The van der Waals surface area contributed by atoms with Gasteiger partial charge in [-0.2, -0.15) is 5.10 Å². The smallest absolute Gasteiger partial charge is 0.240 e. The average molecular weight is 343 g/mol. The van der Waals surface area contributed by atoms with Crippen molar-refractivity contribution in [2.45, 2.75) is 52.7 Å². The first kappa shape index (κ1) is 15.5. The van der Waals surface area contributed by atoms with Crippen molar-refractivity contribution >= 4 is 21.8 Å². The molecule has 0 radical (unpaired) electrons. The van der Waals surface area contributed by atoms with Crippen LogP contribution in [0.4, 0.5) is 0 Å². The zero-order chi connectivity index (χ0) is 14.9. The lowest BCUT2D eigenvalue weighted by Gasteiger charge is -2.41. The molecule has 20 heavy (non-hydrogen) atoms. The molecule has 0 spiro atoms. The van der Waals surface area contributed by atoms with Gasteiger partial charge in [0.15, 0.2) is 0 Å². The minimum absolute atomic E-state index is 0.0955. The van der Waals surface area contributed by atoms with Crippen LogP contribution in [-0.4, -0.2) is 39.2 Å². The number of halogens is 1. The summed E-state index contributed by atoms with van der Waals surface area (Å²) in [5.74, 6) is 0.0955. The molecule has 1 N–H and O–H groups in total. The number of aromatic nitrogens is 2. The Hall–Kier alpha value is -0.880. The lowest BCUT2D eigenvalue weighted by atomic mass is 9.98. The van der Waals surface area contributed by atoms with Gasteiger partial charge in [-0.05, 0) is 43.1 Å². The molecule has 0 bridgehead atoms. The number of amides is 1. The molecule has 2 rings (SSSR count). The van der Waals surface area contributed by atoms with Crippen molar-refractivity contribution in [2.24, 2.45) is 0 Å². The first-order valence-corrected chi connectivity index (χ1v) is 7.98. The fourth-order valence-electron chi connectivity index (χ4n) is 2.57. The third-order valence-electron chi connectivity index (χ3n) is 4.05. The van der Waals surface area contributed by atoms with Crippen LogP contribution in [0.5, 0.6) is 0 Å². The molecule has 0 unspecified atom stereocenters. The topological polar surface area (TPSA) is 50.2 Å². The number of nitrogens with one attached hydrogen (secondary N) is 1. The van der Waals surface area contributed by atoms with E-state index in [1.807, 2.05) is 18.5 Å². The first-order chi connectivity index (χ1) is 9.41. The van der Waals surface area contributed by atoms with Crippen LogP contribution in [0.3, 0.4) is 0 Å². The van der Waals surface area contributed by atoms with E-state index < -0.39 is 5.54 Å². The van der Waals surface area contributed by atoms with Gasteiger partial charge >= 0.3 is 0 Å². The van der Waals surface area contributed by atoms with E-state index in [2.05, 4.69) is 45.1 Å². The number of hydrogen-bond acceptors (Lipinski definition) is 3. The summed E-state index contributed by atoms with van der Waals surface area (Å²) in [6.07, 6.45) is 0.907. The summed E-state index contributed by atoms with van der Waals surface area (Å²) in [5, 5.41) is 7.55. The molecule has 112 valence electrons. The number of rotatable bonds is 4. The molecule has 6 heteroatoms. The van der Waals surface area contributed by atoms with Crippen LogP contribution in [-0.2, 0) is 24.3 Å². The SMILES string of the molecule is CCc1nn(CC)c(CN2CCNC(=O)C2(C)C)c1Br. The molecule has 0 atom stereocenters. The van der Waals surface area contributed by atoms with Gasteiger partial charge in [0.05, 0.1) is 21.4 Å². The van der Waals surface area contributed by atoms with Gasteiger partial charge in [0, 0.05) is 26.2 Å². The first-order valence-electron chi connectivity index (χ1n) is 7.19. The Morgan fingerprint density at radius 2 is 2.10 bits per heavy atom. The monoisotopic (exact) mass is 342 g/mol. The lowest BCUT2D eigenvalue weighted by molar-refractivity contribution is -0.135. The third-order valence-corrected chi connectivity index (χ3v) is 4.96. The number of carbonyl (C=O) groups is 1. The second-order valence-electron chi connectivity index (χ2n) is 5.61. The second kappa shape index (κ2) is 5.85. The molecular formula is C14H23BrN4O. The van der Waals surface area contributed by atoms with E-state index in [4.69, 9.17) is 0 Å². The van der Waals surface area contributed by atoms with Gasteiger partial charge in [0.1, 0.15) is 0 Å². The zero-order valence-corrected chi connectivity index (χ0v) is 14.2. The van der Waals surface area contributed by atoms with Crippen molar-refractivity contribution in [3.63, 3.8) is 0 Å². The van der Waals surface area contributed by atoms with Crippen LogP contribution < -0.4 is 5.32 Å². The quantitative estimate of drug-likeness (QED) is 0.909. The van der Waals surface area contributed by atoms with Gasteiger partial charge in [-0.25, -0.2) is 0 Å². The van der Waals surface area contributed by atoms with Crippen LogP contribution in [0.1, 0.15) is 39.1 Å². The Morgan fingerprint density at radius 1 is 1.40 bits per heavy atom. The van der Waals surface area contributed by atoms with Crippen molar-refractivity contribution in [1.29, 1.82) is 0 Å². The highest BCUT2D eigenvalue weighted by molar-refractivity contribution is 9.10. The van der Waals surface area contributed by atoms with Crippen LogP contribution in [0.2, 0.25) is 0 Å². The average Bonchev–Trinajstić information content (AvgIpc) is 2.72. The molecule has 0 aliphatic carbocycles. The predicted octanol–water partition coefficient (Wildman–Crippen LogP) is 1.94. The second-order valence-corrected chi connectivity index (χ2v) is 6.41. The molecule has 1 aromatic rings. The number of carbonyl (C=O) groups excluding carboxylic acids is 1. The van der Waals surface area contributed by atoms with E-state index in [9.17, 15) is 4.79 Å². The van der Waals surface area contributed by atoms with E-state index in [1.54, 1.807) is 0 Å². The Labute approximate surface area is 128 Å². The van der Waals surface area contributed by atoms with E-state index >= 15 is 0 Å². The minimum Gasteiger partial charge on any atom is -0.353 e. The molecule has 1 saturated heterocycles. The lowest BCUT2D eigenvalue weighted by Crippen LogP contribution is -2.61. The molecule has 1 fully saturated rings. The number of hydrogen-bond donors (Lipinski definition) is 1. The van der Waals surface area contributed by atoms with E-state index in [1.165, 1.54) is 0 Å². The summed E-state index contributed by atoms with van der Waals surface area (Å²) in [6.45, 7) is 11.3. The van der Waals surface area contributed by atoms with Gasteiger partial charge < -0.3 is 5.32 Å². The maximum absolute atomic E-state index is 12.0. The van der Waals surface area contributed by atoms with Gasteiger partial charge in [-0.15, -0.1) is 0 Å². The molecular weight excluding hydrogens is 320 g/mol. The van der Waals surface area contributed by atoms with Crippen molar-refractivity contribution in [1.82, 2.24) is 20.0 Å². The summed E-state index contributed by atoms with van der Waals surface area (Å²) < 4.78 is 3.12. The summed E-state index contributed by atoms with van der Waals surface area (Å²) >= 11 is 3.67. The molecule has 2 heterocycles. The highest BCUT2D eigenvalue weighted by Crippen LogP contribution is 2.27. The molecule has 1 aliphatic rings. The molecule has 1 aliphatic heterocycles. The van der Waals surface area contributed by atoms with Crippen molar-refractivity contribution < 1.29 is 4.79 Å². The fourth-order valence-corrected chi connectivity index (χ4v) is 3.26. The molecule has 1 aromatic heterocycles. The standard InChI is InChI=1S/C14H23BrN4O/c1-5-10-12(15)11(19(6-2)17-10)9-18-8-7-16-13(20)14(18,3)4/h5-9H2,1-4H3,(H,16,20). The van der Waals surface area contributed by atoms with Crippen LogP contribution in [0, 0.1) is 0 Å². The number of aryl methyl sites for hydroxylation is 2. The van der Waals surface area contributed by atoms with Gasteiger partial charge in [0.25, 0.3) is 0 Å². The Bertz CT molecular complexity index is 510. The minimum atomic E-state index is -0.479. The third kappa shape index (κ3) is 2.63. The number of nitrogens with zero attached hydrogens (tertiary/aromatic N) is 3. The Balaban J connectivity index is 2.29. The van der Waals surface area contributed by atoms with E-state index in [0.717, 1.165) is 41.9 Å². The molecule has 5 nitrogen and oxygen atoms in total. The molecule has 0 saturated carbocycles. The maximum atomic E-state index is 12.0. The normalized spacial score (nSPS) is 19.1. The van der Waals surface area contributed by atoms with E-state index in [0.29, 0.717) is 6.54 Å². The predicted molar refractivity (Wildman–Crippen MR) is 82.5 cm³/mol. The van der Waals surface area contributed by atoms with Gasteiger partial charge in [-0.3, -0.25) is 14.4 Å². The largest absolute Gasteiger partial charge is 0.353 e. The Kier molecular flexibility index (Phi) is 4.54. The van der Waals surface area contributed by atoms with E-state index in [-0.39, 0.29) is 5.91 Å². The fraction of sp³-hybridized carbons (Fsp3) is 0.714. The number of piperazine rings is 1. The van der Waals surface area contributed by atoms with Crippen molar-refractivity contribution in [3.05, 3.63) is 15.9 Å². The summed E-state index contributed by atoms with van der Waals surface area (Å²) in [4.78, 5) is 14.3. The highest BCUT2D eigenvalue weighted by atomic mass is 79.9. The van der Waals surface area contributed by atoms with Crippen molar-refractivity contribution in [2.75, 3.05) is 13.1 Å². The van der Waals surface area contributed by atoms with Crippen LogP contribution in [0.15, 0.2) is 4.47 Å². The van der Waals surface area contributed by atoms with Gasteiger partial charge in [-0.1, -0.05) is 6.92 Å². The molecule has 1 amide bonds. The molecule has 0 aromatic carbocycles. The van der Waals surface area contributed by atoms with Gasteiger partial charge in [0.2, 0.25) is 5.91 Å². The van der Waals surface area contributed by atoms with Crippen LogP contribution >= 0.6 is 15.9 Å². The summed E-state index contributed by atoms with van der Waals surface area (Å²) in [6, 6.07) is 0. The Morgan fingerprint density at radius 3 is 2.70 bits per heavy atom. The highest BCUT2D eigenvalue weighted by Gasteiger charge is 2.38. The maximum Gasteiger partial charge on any atom is 0.240 e. The zero-order valence-electron chi connectivity index (χ0n) is 12.7. The summed E-state index contributed by atoms with van der Waals surface area (Å²) in [7, 11) is 0. The summed E-state index contributed by atoms with van der Waals surface area (Å²) in [5.41, 5.74) is 1.76. The van der Waals surface area contributed by atoms with Crippen LogP contribution in [0.25, 0.3) is 0 Å².